The van der Waals surface area contributed by atoms with Gasteiger partial charge in [-0.2, -0.15) is 0 Å². The molecule has 7 heteroatoms. The minimum atomic E-state index is -0.906. The van der Waals surface area contributed by atoms with Crippen LogP contribution in [0.15, 0.2) is 42.5 Å². The number of halogens is 2. The molecule has 0 saturated carbocycles. The summed E-state index contributed by atoms with van der Waals surface area (Å²) in [5.41, 5.74) is 0.170. The predicted molar refractivity (Wildman–Crippen MR) is 76.8 cm³/mol. The molecule has 0 aliphatic heterocycles. The van der Waals surface area contributed by atoms with E-state index in [1.54, 1.807) is 12.1 Å². The summed E-state index contributed by atoms with van der Waals surface area (Å²) in [6.45, 7) is 0. The van der Waals surface area contributed by atoms with Crippen molar-refractivity contribution in [2.75, 3.05) is 17.7 Å². The number of rotatable bonds is 3. The third-order valence-electron chi connectivity index (χ3n) is 2.76. The van der Waals surface area contributed by atoms with Gasteiger partial charge in [0, 0.05) is 6.07 Å². The van der Waals surface area contributed by atoms with E-state index in [2.05, 4.69) is 15.4 Å². The Hall–Kier alpha value is -2.96. The van der Waals surface area contributed by atoms with Crippen LogP contribution in [0.3, 0.4) is 0 Å². The number of anilines is 2. The third kappa shape index (κ3) is 3.57. The standard InChI is InChI=1S/C15H12F2N2O3/c1-22-14(20)10-4-2-3-5-12(10)18-15(21)19-13-7-6-9(16)8-11(13)17/h2-8H,1H3,(H2,18,19,21). The van der Waals surface area contributed by atoms with Crippen LogP contribution in [-0.2, 0) is 4.74 Å². The molecule has 0 saturated heterocycles. The Kier molecular flexibility index (Phi) is 4.67. The SMILES string of the molecule is COC(=O)c1ccccc1NC(=O)Nc1ccc(F)cc1F. The largest absolute Gasteiger partial charge is 0.465 e. The minimum Gasteiger partial charge on any atom is -0.465 e. The van der Waals surface area contributed by atoms with E-state index in [9.17, 15) is 18.4 Å². The first kappa shape index (κ1) is 15.4. The van der Waals surface area contributed by atoms with Crippen molar-refractivity contribution in [3.63, 3.8) is 0 Å². The fourth-order valence-corrected chi connectivity index (χ4v) is 1.75. The van der Waals surface area contributed by atoms with Crippen LogP contribution in [0, 0.1) is 11.6 Å². The van der Waals surface area contributed by atoms with Gasteiger partial charge in [-0.15, -0.1) is 0 Å². The average molecular weight is 306 g/mol. The molecule has 114 valence electrons. The summed E-state index contributed by atoms with van der Waals surface area (Å²) < 4.78 is 30.8. The summed E-state index contributed by atoms with van der Waals surface area (Å²) in [4.78, 5) is 23.4. The number of esters is 1. The Balaban J connectivity index is 2.14. The van der Waals surface area contributed by atoms with Crippen LogP contribution in [0.1, 0.15) is 10.4 Å². The Labute approximate surface area is 124 Å². The van der Waals surface area contributed by atoms with Gasteiger partial charge in [-0.3, -0.25) is 0 Å². The molecule has 22 heavy (non-hydrogen) atoms. The van der Waals surface area contributed by atoms with E-state index < -0.39 is 23.6 Å². The molecule has 0 bridgehead atoms. The van der Waals surface area contributed by atoms with Crippen molar-refractivity contribution in [1.82, 2.24) is 0 Å². The van der Waals surface area contributed by atoms with Crippen molar-refractivity contribution >= 4 is 23.4 Å². The van der Waals surface area contributed by atoms with Crippen LogP contribution < -0.4 is 10.6 Å². The van der Waals surface area contributed by atoms with Crippen molar-refractivity contribution in [2.24, 2.45) is 0 Å². The van der Waals surface area contributed by atoms with E-state index in [1.165, 1.54) is 19.2 Å². The lowest BCUT2D eigenvalue weighted by Gasteiger charge is -2.11. The Bertz CT molecular complexity index is 720. The third-order valence-corrected chi connectivity index (χ3v) is 2.76. The fourth-order valence-electron chi connectivity index (χ4n) is 1.75. The molecule has 0 fully saturated rings. The van der Waals surface area contributed by atoms with Crippen molar-refractivity contribution in [3.8, 4) is 0 Å². The van der Waals surface area contributed by atoms with Gasteiger partial charge in [0.25, 0.3) is 0 Å². The zero-order valence-corrected chi connectivity index (χ0v) is 11.5. The van der Waals surface area contributed by atoms with Crippen molar-refractivity contribution in [1.29, 1.82) is 0 Å². The Morgan fingerprint density at radius 3 is 2.36 bits per heavy atom. The van der Waals surface area contributed by atoms with E-state index in [4.69, 9.17) is 0 Å². The second kappa shape index (κ2) is 6.66. The summed E-state index contributed by atoms with van der Waals surface area (Å²) in [7, 11) is 1.22. The first-order valence-corrected chi connectivity index (χ1v) is 6.21. The molecule has 0 radical (unpaired) electrons. The van der Waals surface area contributed by atoms with Gasteiger partial charge in [-0.25, -0.2) is 18.4 Å². The summed E-state index contributed by atoms with van der Waals surface area (Å²) in [6, 6.07) is 8.17. The molecule has 0 aromatic heterocycles. The van der Waals surface area contributed by atoms with Crippen LogP contribution >= 0.6 is 0 Å². The minimum absolute atomic E-state index is 0.153. The number of ether oxygens (including phenoxy) is 1. The highest BCUT2D eigenvalue weighted by molar-refractivity contribution is 6.05. The molecule has 0 unspecified atom stereocenters. The molecule has 0 spiro atoms. The van der Waals surface area contributed by atoms with Crippen LogP contribution in [0.25, 0.3) is 0 Å². The number of para-hydroxylation sites is 1. The van der Waals surface area contributed by atoms with Gasteiger partial charge in [0.15, 0.2) is 0 Å². The average Bonchev–Trinajstić information content (AvgIpc) is 2.50. The highest BCUT2D eigenvalue weighted by Crippen LogP contribution is 2.18. The molecule has 0 atom stereocenters. The molecular weight excluding hydrogens is 294 g/mol. The van der Waals surface area contributed by atoms with Crippen molar-refractivity contribution in [3.05, 3.63) is 59.7 Å². The van der Waals surface area contributed by atoms with E-state index in [0.717, 1.165) is 12.1 Å². The number of carbonyl (C=O) groups excluding carboxylic acids is 2. The second-order valence-corrected chi connectivity index (χ2v) is 4.24. The number of carbonyl (C=O) groups is 2. The van der Waals surface area contributed by atoms with Gasteiger partial charge < -0.3 is 15.4 Å². The topological polar surface area (TPSA) is 67.4 Å². The number of amides is 2. The number of hydrogen-bond acceptors (Lipinski definition) is 3. The Morgan fingerprint density at radius 2 is 1.68 bits per heavy atom. The maximum atomic E-state index is 13.5. The predicted octanol–water partition coefficient (Wildman–Crippen LogP) is 3.40. The molecule has 0 heterocycles. The maximum Gasteiger partial charge on any atom is 0.339 e. The molecule has 5 nitrogen and oxygen atoms in total. The van der Waals surface area contributed by atoms with E-state index in [1.807, 2.05) is 0 Å². The molecule has 0 aliphatic rings. The number of hydrogen-bond donors (Lipinski definition) is 2. The van der Waals surface area contributed by atoms with E-state index in [-0.39, 0.29) is 16.9 Å². The second-order valence-electron chi connectivity index (χ2n) is 4.24. The lowest BCUT2D eigenvalue weighted by molar-refractivity contribution is 0.0602. The van der Waals surface area contributed by atoms with Gasteiger partial charge >= 0.3 is 12.0 Å². The van der Waals surface area contributed by atoms with Crippen molar-refractivity contribution < 1.29 is 23.1 Å². The molecule has 0 aliphatic carbocycles. The Morgan fingerprint density at radius 1 is 1.00 bits per heavy atom. The molecule has 2 rings (SSSR count). The summed E-state index contributed by atoms with van der Waals surface area (Å²) in [6.07, 6.45) is 0. The molecule has 2 amide bonds. The lowest BCUT2D eigenvalue weighted by Crippen LogP contribution is -2.21. The first-order chi connectivity index (χ1) is 10.5. The van der Waals surface area contributed by atoms with Crippen LogP contribution in [0.5, 0.6) is 0 Å². The number of methoxy groups -OCH3 is 1. The quantitative estimate of drug-likeness (QED) is 0.854. The van der Waals surface area contributed by atoms with Gasteiger partial charge in [0.2, 0.25) is 0 Å². The summed E-state index contributed by atoms with van der Waals surface area (Å²) in [5.74, 6) is -2.28. The highest BCUT2D eigenvalue weighted by Gasteiger charge is 2.14. The summed E-state index contributed by atoms with van der Waals surface area (Å²) >= 11 is 0. The van der Waals surface area contributed by atoms with Gasteiger partial charge in [-0.05, 0) is 24.3 Å². The lowest BCUT2D eigenvalue weighted by atomic mass is 10.2. The zero-order chi connectivity index (χ0) is 16.1. The van der Waals surface area contributed by atoms with Gasteiger partial charge in [0.1, 0.15) is 11.6 Å². The number of nitrogens with one attached hydrogen (secondary N) is 2. The summed E-state index contributed by atoms with van der Waals surface area (Å²) in [5, 5.41) is 4.63. The normalized spacial score (nSPS) is 9.95. The number of benzene rings is 2. The van der Waals surface area contributed by atoms with E-state index >= 15 is 0 Å². The fraction of sp³-hybridized carbons (Fsp3) is 0.0667. The smallest absolute Gasteiger partial charge is 0.339 e. The monoisotopic (exact) mass is 306 g/mol. The number of urea groups is 1. The molecule has 2 aromatic carbocycles. The first-order valence-electron chi connectivity index (χ1n) is 6.21. The zero-order valence-electron chi connectivity index (χ0n) is 11.5. The van der Waals surface area contributed by atoms with Crippen LogP contribution in [-0.4, -0.2) is 19.1 Å². The molecule has 2 N–H and O–H groups in total. The van der Waals surface area contributed by atoms with Crippen LogP contribution in [0.2, 0.25) is 0 Å². The van der Waals surface area contributed by atoms with Crippen LogP contribution in [0.4, 0.5) is 25.0 Å². The van der Waals surface area contributed by atoms with Gasteiger partial charge in [-0.1, -0.05) is 12.1 Å². The molecular formula is C15H12F2N2O3. The molecule has 2 aromatic rings. The maximum absolute atomic E-state index is 13.5. The van der Waals surface area contributed by atoms with E-state index in [0.29, 0.717) is 6.07 Å². The van der Waals surface area contributed by atoms with Crippen molar-refractivity contribution in [2.45, 2.75) is 0 Å². The highest BCUT2D eigenvalue weighted by atomic mass is 19.1. The van der Waals surface area contributed by atoms with Gasteiger partial charge in [0.05, 0.1) is 24.0 Å².